The Morgan fingerprint density at radius 3 is 2.68 bits per heavy atom. The molecular weight excluding hydrogens is 334 g/mol. The molecule has 0 saturated heterocycles. The molecular formula is C19H27N3O2S. The molecule has 0 saturated carbocycles. The number of fused-ring (bicyclic) bond motifs is 3. The summed E-state index contributed by atoms with van der Waals surface area (Å²) in [6.45, 7) is 10.3. The Balaban J connectivity index is 1.97. The second kappa shape index (κ2) is 6.90. The fraction of sp³-hybridized carbons (Fsp3) is 0.632. The van der Waals surface area contributed by atoms with Gasteiger partial charge in [0.25, 0.3) is 5.56 Å². The molecule has 1 unspecified atom stereocenters. The van der Waals surface area contributed by atoms with E-state index in [1.165, 1.54) is 21.3 Å². The lowest BCUT2D eigenvalue weighted by atomic mass is 9.89. The van der Waals surface area contributed by atoms with Crippen molar-refractivity contribution in [1.82, 2.24) is 14.5 Å². The van der Waals surface area contributed by atoms with Crippen molar-refractivity contribution in [3.8, 4) is 0 Å². The zero-order valence-electron chi connectivity index (χ0n) is 15.7. The molecule has 0 aliphatic heterocycles. The van der Waals surface area contributed by atoms with Crippen LogP contribution in [0.25, 0.3) is 10.2 Å². The highest BCUT2D eigenvalue weighted by Crippen LogP contribution is 2.35. The molecule has 3 rings (SSSR count). The van der Waals surface area contributed by atoms with E-state index in [9.17, 15) is 9.59 Å². The van der Waals surface area contributed by atoms with Gasteiger partial charge in [-0.15, -0.1) is 11.3 Å². The molecule has 0 bridgehead atoms. The van der Waals surface area contributed by atoms with Crippen molar-refractivity contribution in [3.05, 3.63) is 27.1 Å². The minimum absolute atomic E-state index is 0.0361. The van der Waals surface area contributed by atoms with Gasteiger partial charge >= 0.3 is 0 Å². The molecule has 1 atom stereocenters. The molecule has 2 aromatic heterocycles. The zero-order valence-corrected chi connectivity index (χ0v) is 16.5. The van der Waals surface area contributed by atoms with Crippen LogP contribution in [0.3, 0.4) is 0 Å². The monoisotopic (exact) mass is 361 g/mol. The van der Waals surface area contributed by atoms with Gasteiger partial charge in [-0.05, 0) is 58.4 Å². The Morgan fingerprint density at radius 2 is 2.04 bits per heavy atom. The number of aromatic nitrogens is 2. The van der Waals surface area contributed by atoms with Crippen molar-refractivity contribution in [2.24, 2.45) is 5.92 Å². The molecule has 136 valence electrons. The number of amides is 1. The summed E-state index contributed by atoms with van der Waals surface area (Å²) < 4.78 is 1.48. The third-order valence-corrected chi connectivity index (χ3v) is 6.15. The Morgan fingerprint density at radius 1 is 1.36 bits per heavy atom. The van der Waals surface area contributed by atoms with E-state index in [1.807, 2.05) is 32.6 Å². The van der Waals surface area contributed by atoms with Gasteiger partial charge in [0.2, 0.25) is 5.91 Å². The van der Waals surface area contributed by atoms with Crippen molar-refractivity contribution in [2.45, 2.75) is 72.5 Å². The predicted octanol–water partition coefficient (Wildman–Crippen LogP) is 3.23. The SMILES string of the molecule is CC1CCc2c(sc3ncn(CC(=O)N(C(C)C)C(C)C)c(=O)c23)C1. The molecule has 0 fully saturated rings. The topological polar surface area (TPSA) is 55.2 Å². The summed E-state index contributed by atoms with van der Waals surface area (Å²) >= 11 is 1.64. The van der Waals surface area contributed by atoms with Crippen LogP contribution in [0.4, 0.5) is 0 Å². The summed E-state index contributed by atoms with van der Waals surface area (Å²) in [6.07, 6.45) is 4.62. The van der Waals surface area contributed by atoms with Crippen molar-refractivity contribution < 1.29 is 4.79 Å². The number of nitrogens with zero attached hydrogens (tertiary/aromatic N) is 3. The number of carbonyl (C=O) groups excluding carboxylic acids is 1. The Hall–Kier alpha value is -1.69. The fourth-order valence-electron chi connectivity index (χ4n) is 3.88. The van der Waals surface area contributed by atoms with Gasteiger partial charge in [-0.25, -0.2) is 4.98 Å². The molecule has 1 aliphatic rings. The lowest BCUT2D eigenvalue weighted by molar-refractivity contribution is -0.135. The summed E-state index contributed by atoms with van der Waals surface area (Å²) in [6, 6.07) is 0.213. The minimum atomic E-state index is -0.0714. The van der Waals surface area contributed by atoms with Crippen LogP contribution < -0.4 is 5.56 Å². The first kappa shape index (κ1) is 18.1. The van der Waals surface area contributed by atoms with Crippen LogP contribution >= 0.6 is 11.3 Å². The highest BCUT2D eigenvalue weighted by atomic mass is 32.1. The number of hydrogen-bond acceptors (Lipinski definition) is 4. The maximum absolute atomic E-state index is 13.0. The first-order chi connectivity index (χ1) is 11.8. The highest BCUT2D eigenvalue weighted by Gasteiger charge is 2.25. The molecule has 0 radical (unpaired) electrons. The lowest BCUT2D eigenvalue weighted by Gasteiger charge is -2.31. The van der Waals surface area contributed by atoms with Crippen LogP contribution in [0.1, 0.15) is 51.5 Å². The second-order valence-corrected chi connectivity index (χ2v) is 8.78. The molecule has 1 amide bonds. The summed E-state index contributed by atoms with van der Waals surface area (Å²) in [7, 11) is 0. The maximum atomic E-state index is 13.0. The van der Waals surface area contributed by atoms with Gasteiger partial charge < -0.3 is 4.90 Å². The largest absolute Gasteiger partial charge is 0.336 e. The van der Waals surface area contributed by atoms with Crippen molar-refractivity contribution in [3.63, 3.8) is 0 Å². The van der Waals surface area contributed by atoms with Crippen molar-refractivity contribution >= 4 is 27.5 Å². The maximum Gasteiger partial charge on any atom is 0.262 e. The van der Waals surface area contributed by atoms with E-state index in [1.54, 1.807) is 11.3 Å². The number of aryl methyl sites for hydroxylation is 1. The van der Waals surface area contributed by atoms with E-state index >= 15 is 0 Å². The normalized spacial score (nSPS) is 17.3. The Kier molecular flexibility index (Phi) is 5.00. The molecule has 0 N–H and O–H groups in total. The van der Waals surface area contributed by atoms with Crippen LogP contribution in [0.15, 0.2) is 11.1 Å². The van der Waals surface area contributed by atoms with Gasteiger partial charge in [-0.1, -0.05) is 6.92 Å². The van der Waals surface area contributed by atoms with Crippen LogP contribution in [0, 0.1) is 5.92 Å². The Bertz CT molecular complexity index is 842. The van der Waals surface area contributed by atoms with E-state index < -0.39 is 0 Å². The van der Waals surface area contributed by atoms with Gasteiger partial charge in [-0.2, -0.15) is 0 Å². The first-order valence-corrected chi connectivity index (χ1v) is 9.92. The lowest BCUT2D eigenvalue weighted by Crippen LogP contribution is -2.44. The smallest absolute Gasteiger partial charge is 0.262 e. The zero-order chi connectivity index (χ0) is 18.3. The van der Waals surface area contributed by atoms with Crippen LogP contribution in [0.2, 0.25) is 0 Å². The summed E-state index contributed by atoms with van der Waals surface area (Å²) in [5.41, 5.74) is 1.10. The van der Waals surface area contributed by atoms with E-state index in [-0.39, 0.29) is 30.1 Å². The summed E-state index contributed by atoms with van der Waals surface area (Å²) in [4.78, 5) is 34.1. The van der Waals surface area contributed by atoms with Gasteiger partial charge in [0.05, 0.1) is 11.7 Å². The average Bonchev–Trinajstić information content (AvgIpc) is 2.87. The Labute approximate surface area is 152 Å². The van der Waals surface area contributed by atoms with Gasteiger partial charge in [-0.3, -0.25) is 14.2 Å². The summed E-state index contributed by atoms with van der Waals surface area (Å²) in [5, 5.41) is 0.739. The third kappa shape index (κ3) is 3.36. The number of thiophene rings is 1. The quantitative estimate of drug-likeness (QED) is 0.840. The van der Waals surface area contributed by atoms with E-state index in [0.29, 0.717) is 5.92 Å². The number of rotatable bonds is 4. The first-order valence-electron chi connectivity index (χ1n) is 9.10. The molecule has 2 heterocycles. The third-order valence-electron chi connectivity index (χ3n) is 4.99. The second-order valence-electron chi connectivity index (χ2n) is 7.70. The van der Waals surface area contributed by atoms with E-state index in [4.69, 9.17) is 0 Å². The van der Waals surface area contributed by atoms with Crippen LogP contribution in [-0.2, 0) is 24.2 Å². The molecule has 25 heavy (non-hydrogen) atoms. The van der Waals surface area contributed by atoms with Crippen molar-refractivity contribution in [2.75, 3.05) is 0 Å². The molecule has 1 aliphatic carbocycles. The molecule has 5 nitrogen and oxygen atoms in total. The fourth-order valence-corrected chi connectivity index (χ4v) is 5.22. The van der Waals surface area contributed by atoms with E-state index in [0.717, 1.165) is 29.5 Å². The van der Waals surface area contributed by atoms with Gasteiger partial charge in [0.1, 0.15) is 11.4 Å². The average molecular weight is 362 g/mol. The number of carbonyl (C=O) groups is 1. The van der Waals surface area contributed by atoms with Crippen LogP contribution in [0.5, 0.6) is 0 Å². The molecule has 0 spiro atoms. The highest BCUT2D eigenvalue weighted by molar-refractivity contribution is 7.18. The minimum Gasteiger partial charge on any atom is -0.336 e. The molecule has 2 aromatic rings. The van der Waals surface area contributed by atoms with Gasteiger partial charge in [0.15, 0.2) is 0 Å². The molecule has 6 heteroatoms. The van der Waals surface area contributed by atoms with E-state index in [2.05, 4.69) is 11.9 Å². The van der Waals surface area contributed by atoms with Gasteiger partial charge in [0, 0.05) is 17.0 Å². The van der Waals surface area contributed by atoms with Crippen molar-refractivity contribution in [1.29, 1.82) is 0 Å². The van der Waals surface area contributed by atoms with Crippen LogP contribution in [-0.4, -0.2) is 32.4 Å². The number of hydrogen-bond donors (Lipinski definition) is 0. The molecule has 0 aromatic carbocycles. The summed E-state index contributed by atoms with van der Waals surface area (Å²) in [5.74, 6) is 0.626. The predicted molar refractivity (Wildman–Crippen MR) is 102 cm³/mol. The standard InChI is InChI=1S/C19H27N3O2S/c1-11(2)22(12(3)4)16(23)9-21-10-20-18-17(19(21)24)14-7-6-13(5)8-15(14)25-18/h10-13H,6-9H2,1-5H3.